The van der Waals surface area contributed by atoms with E-state index in [1.807, 2.05) is 0 Å². The van der Waals surface area contributed by atoms with E-state index in [1.54, 1.807) is 30.3 Å². The highest BCUT2D eigenvalue weighted by atomic mass is 19.1. The van der Waals surface area contributed by atoms with Gasteiger partial charge in [-0.25, -0.2) is 4.39 Å². The molecule has 2 N–H and O–H groups in total. The molecule has 1 heterocycles. The van der Waals surface area contributed by atoms with Crippen molar-refractivity contribution in [2.24, 2.45) is 0 Å². The monoisotopic (exact) mass is 330 g/mol. The molecule has 124 valence electrons. The number of nitrogens with one attached hydrogen (secondary N) is 2. The summed E-state index contributed by atoms with van der Waals surface area (Å²) in [6, 6.07) is 11.0. The van der Waals surface area contributed by atoms with E-state index in [2.05, 4.69) is 10.6 Å². The fraction of sp³-hybridized carbons (Fsp3) is 0.176. The molecule has 0 spiro atoms. The molecule has 2 aromatic carbocycles. The third-order valence-electron chi connectivity index (χ3n) is 3.32. The van der Waals surface area contributed by atoms with Crippen molar-refractivity contribution in [1.82, 2.24) is 0 Å². The fourth-order valence-corrected chi connectivity index (χ4v) is 2.20. The SMILES string of the molecule is O=C(CCOc1ccccc1F)Nc1ccc2c(c1)NC(=O)CO2. The lowest BCUT2D eigenvalue weighted by Gasteiger charge is -2.18. The molecule has 0 bridgehead atoms. The van der Waals surface area contributed by atoms with E-state index in [9.17, 15) is 14.0 Å². The van der Waals surface area contributed by atoms with Crippen molar-refractivity contribution in [2.75, 3.05) is 23.8 Å². The van der Waals surface area contributed by atoms with Crippen LogP contribution >= 0.6 is 0 Å². The van der Waals surface area contributed by atoms with E-state index >= 15 is 0 Å². The number of benzene rings is 2. The normalized spacial score (nSPS) is 12.6. The molecule has 0 aliphatic carbocycles. The summed E-state index contributed by atoms with van der Waals surface area (Å²) in [5.74, 6) is -0.337. The van der Waals surface area contributed by atoms with Crippen LogP contribution in [-0.4, -0.2) is 25.0 Å². The highest BCUT2D eigenvalue weighted by molar-refractivity contribution is 5.97. The van der Waals surface area contributed by atoms with Gasteiger partial charge in [0.2, 0.25) is 5.91 Å². The topological polar surface area (TPSA) is 76.7 Å². The molecule has 3 rings (SSSR count). The van der Waals surface area contributed by atoms with Gasteiger partial charge in [-0.3, -0.25) is 9.59 Å². The Kier molecular flexibility index (Phi) is 4.60. The summed E-state index contributed by atoms with van der Waals surface area (Å²) in [6.07, 6.45) is 0.0638. The average Bonchev–Trinajstić information content (AvgIpc) is 2.56. The maximum absolute atomic E-state index is 13.4. The standard InChI is InChI=1S/C17H15FN2O4/c18-12-3-1-2-4-14(12)23-8-7-16(21)19-11-5-6-15-13(9-11)20-17(22)10-24-15/h1-6,9H,7-8,10H2,(H,19,21)(H,20,22). The molecule has 0 radical (unpaired) electrons. The third-order valence-corrected chi connectivity index (χ3v) is 3.32. The van der Waals surface area contributed by atoms with E-state index in [1.165, 1.54) is 12.1 Å². The summed E-state index contributed by atoms with van der Waals surface area (Å²) < 4.78 is 23.9. The molecule has 2 aromatic rings. The first-order valence-corrected chi connectivity index (χ1v) is 7.36. The number of carbonyl (C=O) groups excluding carboxylic acids is 2. The van der Waals surface area contributed by atoms with Crippen LogP contribution in [0.3, 0.4) is 0 Å². The Morgan fingerprint density at radius 2 is 2.12 bits per heavy atom. The van der Waals surface area contributed by atoms with Crippen LogP contribution in [0.15, 0.2) is 42.5 Å². The predicted molar refractivity (Wildman–Crippen MR) is 85.7 cm³/mol. The molecule has 0 aromatic heterocycles. The van der Waals surface area contributed by atoms with E-state index in [-0.39, 0.29) is 37.2 Å². The lowest BCUT2D eigenvalue weighted by atomic mass is 10.2. The summed E-state index contributed by atoms with van der Waals surface area (Å²) in [4.78, 5) is 23.2. The van der Waals surface area contributed by atoms with Gasteiger partial charge in [0, 0.05) is 5.69 Å². The van der Waals surface area contributed by atoms with Gasteiger partial charge in [0.15, 0.2) is 18.2 Å². The Balaban J connectivity index is 1.53. The van der Waals surface area contributed by atoms with Crippen molar-refractivity contribution in [3.63, 3.8) is 0 Å². The van der Waals surface area contributed by atoms with Crippen LogP contribution in [0, 0.1) is 5.82 Å². The molecule has 2 amide bonds. The fourth-order valence-electron chi connectivity index (χ4n) is 2.20. The van der Waals surface area contributed by atoms with Crippen molar-refractivity contribution in [3.8, 4) is 11.5 Å². The second-order valence-electron chi connectivity index (χ2n) is 5.12. The summed E-state index contributed by atoms with van der Waals surface area (Å²) in [7, 11) is 0. The highest BCUT2D eigenvalue weighted by Gasteiger charge is 2.16. The lowest BCUT2D eigenvalue weighted by Crippen LogP contribution is -2.25. The van der Waals surface area contributed by atoms with Gasteiger partial charge in [-0.15, -0.1) is 0 Å². The number of hydrogen-bond donors (Lipinski definition) is 2. The second-order valence-corrected chi connectivity index (χ2v) is 5.12. The Hall–Kier alpha value is -3.09. The van der Waals surface area contributed by atoms with Crippen molar-refractivity contribution < 1.29 is 23.5 Å². The second kappa shape index (κ2) is 6.99. The number of para-hydroxylation sites is 1. The van der Waals surface area contributed by atoms with E-state index < -0.39 is 5.82 Å². The molecular formula is C17H15FN2O4. The Morgan fingerprint density at radius 3 is 2.96 bits per heavy atom. The molecule has 0 saturated carbocycles. The van der Waals surface area contributed by atoms with Crippen LogP contribution in [0.2, 0.25) is 0 Å². The number of carbonyl (C=O) groups is 2. The molecule has 1 aliphatic heterocycles. The zero-order valence-electron chi connectivity index (χ0n) is 12.7. The van der Waals surface area contributed by atoms with Gasteiger partial charge < -0.3 is 20.1 Å². The summed E-state index contributed by atoms with van der Waals surface area (Å²) >= 11 is 0. The largest absolute Gasteiger partial charge is 0.490 e. The number of hydrogen-bond acceptors (Lipinski definition) is 4. The molecule has 0 saturated heterocycles. The van der Waals surface area contributed by atoms with Crippen LogP contribution in [-0.2, 0) is 9.59 Å². The zero-order chi connectivity index (χ0) is 16.9. The first kappa shape index (κ1) is 15.8. The van der Waals surface area contributed by atoms with E-state index in [4.69, 9.17) is 9.47 Å². The lowest BCUT2D eigenvalue weighted by molar-refractivity contribution is -0.118. The average molecular weight is 330 g/mol. The maximum atomic E-state index is 13.4. The Bertz CT molecular complexity index is 779. The van der Waals surface area contributed by atoms with Crippen molar-refractivity contribution >= 4 is 23.2 Å². The molecule has 0 unspecified atom stereocenters. The third kappa shape index (κ3) is 3.81. The van der Waals surface area contributed by atoms with Gasteiger partial charge in [-0.05, 0) is 30.3 Å². The minimum atomic E-state index is -0.469. The molecule has 24 heavy (non-hydrogen) atoms. The van der Waals surface area contributed by atoms with Crippen molar-refractivity contribution in [1.29, 1.82) is 0 Å². The minimum absolute atomic E-state index is 0.0217. The van der Waals surface area contributed by atoms with E-state index in [0.717, 1.165) is 0 Å². The van der Waals surface area contributed by atoms with Gasteiger partial charge in [-0.2, -0.15) is 0 Å². The highest BCUT2D eigenvalue weighted by Crippen LogP contribution is 2.30. The van der Waals surface area contributed by atoms with Crippen LogP contribution < -0.4 is 20.1 Å². The van der Waals surface area contributed by atoms with Crippen LogP contribution in [0.5, 0.6) is 11.5 Å². The Labute approximate surface area is 137 Å². The number of amides is 2. The maximum Gasteiger partial charge on any atom is 0.262 e. The predicted octanol–water partition coefficient (Wildman–Crippen LogP) is 2.56. The molecule has 7 heteroatoms. The summed E-state index contributed by atoms with van der Waals surface area (Å²) in [5, 5.41) is 5.35. The van der Waals surface area contributed by atoms with Gasteiger partial charge >= 0.3 is 0 Å². The quantitative estimate of drug-likeness (QED) is 0.883. The number of ether oxygens (including phenoxy) is 2. The molecular weight excluding hydrogens is 315 g/mol. The van der Waals surface area contributed by atoms with Gasteiger partial charge in [0.25, 0.3) is 5.91 Å². The zero-order valence-corrected chi connectivity index (χ0v) is 12.7. The van der Waals surface area contributed by atoms with Crippen LogP contribution in [0.4, 0.5) is 15.8 Å². The molecule has 0 fully saturated rings. The summed E-state index contributed by atoms with van der Waals surface area (Å²) in [5.41, 5.74) is 1.03. The first-order chi connectivity index (χ1) is 11.6. The Morgan fingerprint density at radius 1 is 1.29 bits per heavy atom. The first-order valence-electron chi connectivity index (χ1n) is 7.36. The number of halogens is 1. The number of fused-ring (bicyclic) bond motifs is 1. The molecule has 6 nitrogen and oxygen atoms in total. The summed E-state index contributed by atoms with van der Waals surface area (Å²) in [6.45, 7) is 0.0314. The molecule has 1 aliphatic rings. The van der Waals surface area contributed by atoms with Crippen LogP contribution in [0.25, 0.3) is 0 Å². The van der Waals surface area contributed by atoms with Gasteiger partial charge in [0.05, 0.1) is 18.7 Å². The number of anilines is 2. The van der Waals surface area contributed by atoms with Crippen molar-refractivity contribution in [2.45, 2.75) is 6.42 Å². The van der Waals surface area contributed by atoms with Gasteiger partial charge in [0.1, 0.15) is 5.75 Å². The minimum Gasteiger partial charge on any atom is -0.490 e. The smallest absolute Gasteiger partial charge is 0.262 e. The van der Waals surface area contributed by atoms with E-state index in [0.29, 0.717) is 17.1 Å². The number of rotatable bonds is 5. The van der Waals surface area contributed by atoms with Crippen LogP contribution in [0.1, 0.15) is 6.42 Å². The molecule has 0 atom stereocenters. The van der Waals surface area contributed by atoms with Gasteiger partial charge in [-0.1, -0.05) is 12.1 Å². The van der Waals surface area contributed by atoms with Crippen molar-refractivity contribution in [3.05, 3.63) is 48.3 Å².